The summed E-state index contributed by atoms with van der Waals surface area (Å²) in [4.78, 5) is 1.94. The van der Waals surface area contributed by atoms with E-state index in [0.717, 1.165) is 17.7 Å². The van der Waals surface area contributed by atoms with E-state index in [1.807, 2.05) is 41.3 Å². The molecule has 0 saturated carbocycles. The van der Waals surface area contributed by atoms with E-state index in [-0.39, 0.29) is 9.92 Å². The number of hydrogen-bond donors (Lipinski definition) is 2. The van der Waals surface area contributed by atoms with Crippen molar-refractivity contribution in [2.24, 2.45) is 5.14 Å². The number of benzene rings is 2. The molecule has 7 heteroatoms. The maximum absolute atomic E-state index is 12.1. The van der Waals surface area contributed by atoms with Crippen molar-refractivity contribution in [3.05, 3.63) is 47.5 Å². The fraction of sp³-hybridized carbons (Fsp3) is 0.200. The summed E-state index contributed by atoms with van der Waals surface area (Å²) >= 11 is 6.15. The van der Waals surface area contributed by atoms with Gasteiger partial charge in [0.2, 0.25) is 10.0 Å². The zero-order valence-electron chi connectivity index (χ0n) is 11.8. The summed E-state index contributed by atoms with van der Waals surface area (Å²) in [6.45, 7) is 2.04. The highest BCUT2D eigenvalue weighted by atomic mass is 35.5. The Morgan fingerprint density at radius 1 is 1.14 bits per heavy atom. The summed E-state index contributed by atoms with van der Waals surface area (Å²) in [6.07, 6.45) is 0. The van der Waals surface area contributed by atoms with Crippen LogP contribution in [0.3, 0.4) is 0 Å². The van der Waals surface area contributed by atoms with Crippen molar-refractivity contribution >= 4 is 27.3 Å². The molecular formula is C15H16ClN3O2S. The van der Waals surface area contributed by atoms with Crippen LogP contribution in [-0.2, 0) is 10.0 Å². The van der Waals surface area contributed by atoms with Gasteiger partial charge < -0.3 is 4.90 Å². The van der Waals surface area contributed by atoms with Gasteiger partial charge in [0.05, 0.1) is 17.4 Å². The lowest BCUT2D eigenvalue weighted by atomic mass is 10.0. The third-order valence-corrected chi connectivity index (χ3v) is 5.04. The Morgan fingerprint density at radius 3 is 2.45 bits per heavy atom. The van der Waals surface area contributed by atoms with Crippen LogP contribution < -0.4 is 15.4 Å². The number of anilines is 1. The van der Waals surface area contributed by atoms with Crippen LogP contribution >= 0.6 is 11.6 Å². The Hall–Kier alpha value is -1.60. The fourth-order valence-electron chi connectivity index (χ4n) is 2.68. The van der Waals surface area contributed by atoms with E-state index in [0.29, 0.717) is 18.9 Å². The molecule has 1 aliphatic rings. The molecule has 0 spiro atoms. The highest BCUT2D eigenvalue weighted by Gasteiger charge is 2.27. The van der Waals surface area contributed by atoms with Gasteiger partial charge in [-0.3, -0.25) is 5.32 Å². The number of hydrogen-bond acceptors (Lipinski definition) is 4. The average molecular weight is 338 g/mol. The van der Waals surface area contributed by atoms with Crippen LogP contribution in [0.4, 0.5) is 5.69 Å². The molecule has 0 amide bonds. The van der Waals surface area contributed by atoms with Crippen molar-refractivity contribution in [2.45, 2.75) is 4.90 Å². The first-order valence-electron chi connectivity index (χ1n) is 6.85. The summed E-state index contributed by atoms with van der Waals surface area (Å²) in [5.74, 6) is 0. The molecule has 1 aliphatic heterocycles. The fourth-order valence-corrected chi connectivity index (χ4v) is 4.00. The normalized spacial score (nSPS) is 15.3. The lowest BCUT2D eigenvalue weighted by Gasteiger charge is -2.24. The Bertz CT molecular complexity index is 788. The number of sulfonamides is 1. The van der Waals surface area contributed by atoms with E-state index in [1.165, 1.54) is 0 Å². The molecule has 22 heavy (non-hydrogen) atoms. The van der Waals surface area contributed by atoms with Crippen LogP contribution in [0.1, 0.15) is 0 Å². The van der Waals surface area contributed by atoms with Gasteiger partial charge in [-0.1, -0.05) is 48.0 Å². The maximum atomic E-state index is 12.1. The monoisotopic (exact) mass is 337 g/mol. The minimum atomic E-state index is -3.93. The minimum Gasteiger partial charge on any atom is -0.356 e. The molecule has 116 valence electrons. The molecule has 5 nitrogen and oxygen atoms in total. The summed E-state index contributed by atoms with van der Waals surface area (Å²) in [7, 11) is -3.93. The molecule has 1 saturated heterocycles. The quantitative estimate of drug-likeness (QED) is 0.898. The molecule has 0 aromatic heterocycles. The molecular weight excluding hydrogens is 322 g/mol. The van der Waals surface area contributed by atoms with Crippen molar-refractivity contribution in [3.63, 3.8) is 0 Å². The summed E-state index contributed by atoms with van der Waals surface area (Å²) in [5, 5.41) is 8.75. The Balaban J connectivity index is 2.31. The van der Waals surface area contributed by atoms with Gasteiger partial charge in [-0.2, -0.15) is 0 Å². The van der Waals surface area contributed by atoms with Crippen LogP contribution in [0.15, 0.2) is 47.4 Å². The molecule has 0 aliphatic carbocycles. The van der Waals surface area contributed by atoms with Crippen LogP contribution in [0.25, 0.3) is 11.1 Å². The molecule has 0 radical (unpaired) electrons. The van der Waals surface area contributed by atoms with Gasteiger partial charge in [0.25, 0.3) is 0 Å². The first-order chi connectivity index (χ1) is 10.5. The first-order valence-corrected chi connectivity index (χ1v) is 8.77. The second-order valence-electron chi connectivity index (χ2n) is 5.11. The number of nitrogens with zero attached hydrogens (tertiary/aromatic N) is 1. The number of primary sulfonamides is 1. The Morgan fingerprint density at radius 2 is 1.86 bits per heavy atom. The standard InChI is InChI=1S/C15H16ClN3O2S/c16-13-7-6-12(11-4-2-1-3-5-11)14(15(13)22(17,20)21)19-9-8-18-10-19/h1-7,18H,8-10H2,(H2,17,20,21). The van der Waals surface area contributed by atoms with E-state index in [9.17, 15) is 8.42 Å². The van der Waals surface area contributed by atoms with Gasteiger partial charge in [-0.05, 0) is 11.6 Å². The molecule has 2 aromatic carbocycles. The van der Waals surface area contributed by atoms with E-state index in [1.54, 1.807) is 6.07 Å². The molecule has 0 bridgehead atoms. The number of nitrogens with two attached hydrogens (primary N) is 1. The largest absolute Gasteiger partial charge is 0.356 e. The van der Waals surface area contributed by atoms with Crippen molar-refractivity contribution in [3.8, 4) is 11.1 Å². The van der Waals surface area contributed by atoms with Crippen molar-refractivity contribution in [1.82, 2.24) is 5.32 Å². The smallest absolute Gasteiger partial charge is 0.241 e. The summed E-state index contributed by atoms with van der Waals surface area (Å²) < 4.78 is 24.1. The topological polar surface area (TPSA) is 75.4 Å². The second-order valence-corrected chi connectivity index (χ2v) is 7.01. The lowest BCUT2D eigenvalue weighted by molar-refractivity contribution is 0.597. The number of halogens is 1. The third kappa shape index (κ3) is 2.83. The van der Waals surface area contributed by atoms with Gasteiger partial charge in [0.15, 0.2) is 0 Å². The molecule has 0 unspecified atom stereocenters. The van der Waals surface area contributed by atoms with Gasteiger partial charge in [-0.15, -0.1) is 0 Å². The van der Waals surface area contributed by atoms with E-state index >= 15 is 0 Å². The van der Waals surface area contributed by atoms with Crippen LogP contribution in [-0.4, -0.2) is 28.2 Å². The molecule has 2 aromatic rings. The second kappa shape index (κ2) is 5.89. The average Bonchev–Trinajstić information content (AvgIpc) is 3.00. The van der Waals surface area contributed by atoms with Crippen LogP contribution in [0.5, 0.6) is 0 Å². The highest BCUT2D eigenvalue weighted by Crippen LogP contribution is 2.40. The molecule has 3 rings (SSSR count). The number of rotatable bonds is 3. The molecule has 1 heterocycles. The molecule has 1 fully saturated rings. The maximum Gasteiger partial charge on any atom is 0.241 e. The van der Waals surface area contributed by atoms with Gasteiger partial charge >= 0.3 is 0 Å². The van der Waals surface area contributed by atoms with Gasteiger partial charge in [0, 0.05) is 18.7 Å². The van der Waals surface area contributed by atoms with E-state index in [4.69, 9.17) is 16.7 Å². The summed E-state index contributed by atoms with van der Waals surface area (Å²) in [6, 6.07) is 13.0. The van der Waals surface area contributed by atoms with E-state index in [2.05, 4.69) is 5.32 Å². The summed E-state index contributed by atoms with van der Waals surface area (Å²) in [5.41, 5.74) is 2.29. The van der Waals surface area contributed by atoms with E-state index < -0.39 is 10.0 Å². The van der Waals surface area contributed by atoms with Crippen molar-refractivity contribution in [2.75, 3.05) is 24.7 Å². The first kappa shape index (κ1) is 15.3. The SMILES string of the molecule is NS(=O)(=O)c1c(Cl)ccc(-c2ccccc2)c1N1CCNC1. The van der Waals surface area contributed by atoms with Crippen molar-refractivity contribution in [1.29, 1.82) is 0 Å². The Labute approximate surface area is 134 Å². The zero-order valence-corrected chi connectivity index (χ0v) is 13.4. The molecule has 3 N–H and O–H groups in total. The van der Waals surface area contributed by atoms with Gasteiger partial charge in [0.1, 0.15) is 4.90 Å². The zero-order chi connectivity index (χ0) is 15.7. The highest BCUT2D eigenvalue weighted by molar-refractivity contribution is 7.89. The molecule has 0 atom stereocenters. The minimum absolute atomic E-state index is 0.0146. The Kier molecular flexibility index (Phi) is 4.10. The van der Waals surface area contributed by atoms with Crippen LogP contribution in [0.2, 0.25) is 5.02 Å². The lowest BCUT2D eigenvalue weighted by Crippen LogP contribution is -2.26. The predicted molar refractivity (Wildman–Crippen MR) is 88.5 cm³/mol. The van der Waals surface area contributed by atoms with Crippen LogP contribution in [0, 0.1) is 0 Å². The number of nitrogens with one attached hydrogen (secondary N) is 1. The predicted octanol–water partition coefficient (Wildman–Crippen LogP) is 2.02. The van der Waals surface area contributed by atoms with Crippen molar-refractivity contribution < 1.29 is 8.42 Å². The van der Waals surface area contributed by atoms with Gasteiger partial charge in [-0.25, -0.2) is 13.6 Å². The third-order valence-electron chi connectivity index (χ3n) is 3.63.